The van der Waals surface area contributed by atoms with Crippen molar-refractivity contribution >= 4 is 76.7 Å². The van der Waals surface area contributed by atoms with Crippen LogP contribution in [0.2, 0.25) is 0 Å². The Hall–Kier alpha value is -5.20. The summed E-state index contributed by atoms with van der Waals surface area (Å²) in [6, 6.07) is 50.4. The van der Waals surface area contributed by atoms with Crippen molar-refractivity contribution in [3.05, 3.63) is 156 Å². The average Bonchev–Trinajstić information content (AvgIpc) is 3.76. The smallest absolute Gasteiger partial charge is 0.399 e. The summed E-state index contributed by atoms with van der Waals surface area (Å²) in [6.07, 6.45) is 0. The van der Waals surface area contributed by atoms with Gasteiger partial charge in [0.2, 0.25) is 0 Å². The highest BCUT2D eigenvalue weighted by atomic mass is 32.1. The maximum atomic E-state index is 6.71. The molecule has 12 rings (SSSR count). The van der Waals surface area contributed by atoms with Gasteiger partial charge < -0.3 is 13.9 Å². The SMILES string of the molecule is CC1(C)OB(c2ccc3c4c(cccc24)C2(c4ccccc4-3)c3ccccc3-n3c4cc5sc6ccccc6c5cc4c4cccc2c43)OC1(C)C. The molecule has 0 radical (unpaired) electrons. The summed E-state index contributed by atoms with van der Waals surface area (Å²) in [6.45, 7) is 8.53. The van der Waals surface area contributed by atoms with Crippen LogP contribution in [0.4, 0.5) is 0 Å². The van der Waals surface area contributed by atoms with Gasteiger partial charge in [-0.3, -0.25) is 0 Å². The van der Waals surface area contributed by atoms with E-state index in [0.29, 0.717) is 0 Å². The second-order valence-corrected chi connectivity index (χ2v) is 16.9. The lowest BCUT2D eigenvalue weighted by Gasteiger charge is -2.45. The highest BCUT2D eigenvalue weighted by Gasteiger charge is 2.53. The van der Waals surface area contributed by atoms with Crippen LogP contribution in [-0.4, -0.2) is 22.9 Å². The van der Waals surface area contributed by atoms with Gasteiger partial charge in [0, 0.05) is 30.9 Å². The number of fused-ring (bicyclic) bond motifs is 14. The van der Waals surface area contributed by atoms with E-state index >= 15 is 0 Å². The fraction of sp³-hybridized carbons (Fsp3) is 0.149. The van der Waals surface area contributed by atoms with Crippen molar-refractivity contribution in [1.29, 1.82) is 0 Å². The minimum atomic E-state index is -0.553. The number of aromatic nitrogens is 1. The molecule has 1 aliphatic carbocycles. The van der Waals surface area contributed by atoms with Crippen LogP contribution in [0.1, 0.15) is 49.9 Å². The Kier molecular flexibility index (Phi) is 5.43. The Morgan fingerprint density at radius 1 is 0.519 bits per heavy atom. The summed E-state index contributed by atoms with van der Waals surface area (Å²) < 4.78 is 18.6. The molecule has 7 aromatic carbocycles. The van der Waals surface area contributed by atoms with Gasteiger partial charge in [0.1, 0.15) is 0 Å². The van der Waals surface area contributed by atoms with Crippen LogP contribution in [0.5, 0.6) is 0 Å². The number of hydrogen-bond donors (Lipinski definition) is 0. The van der Waals surface area contributed by atoms with Crippen LogP contribution in [0.15, 0.2) is 133 Å². The van der Waals surface area contributed by atoms with Gasteiger partial charge in [-0.05, 0) is 102 Å². The molecule has 5 heteroatoms. The standard InChI is InChI=1S/C47H34BNO2S/c1-45(2)46(3,4)51-48(50-45)38-24-23-29-27-13-5-7-17-34(27)47(36-19-12-16-31(38)43(29)36)35-18-8-9-21-39(35)49-40-26-42-33(28-14-6-10-22-41(28)52-42)25-32(40)30-15-11-20-37(47)44(30)49/h5-26H,1-4H3. The maximum Gasteiger partial charge on any atom is 0.495 e. The minimum Gasteiger partial charge on any atom is -0.399 e. The molecule has 0 N–H and O–H groups in total. The molecule has 1 saturated heterocycles. The molecule has 4 heterocycles. The van der Waals surface area contributed by atoms with Crippen molar-refractivity contribution in [3.8, 4) is 16.8 Å². The normalized spacial score (nSPS) is 19.3. The van der Waals surface area contributed by atoms with Gasteiger partial charge in [-0.25, -0.2) is 0 Å². The molecular formula is C47H34BNO2S. The zero-order chi connectivity index (χ0) is 34.7. The molecule has 248 valence electrons. The van der Waals surface area contributed by atoms with E-state index in [1.165, 1.54) is 91.8 Å². The summed E-state index contributed by atoms with van der Waals surface area (Å²) in [5.41, 5.74) is 11.2. The van der Waals surface area contributed by atoms with Crippen molar-refractivity contribution in [2.24, 2.45) is 0 Å². The molecule has 1 fully saturated rings. The number of rotatable bonds is 1. The van der Waals surface area contributed by atoms with E-state index in [2.05, 4.69) is 166 Å². The van der Waals surface area contributed by atoms with Crippen molar-refractivity contribution in [1.82, 2.24) is 4.57 Å². The number of benzene rings is 7. The lowest BCUT2D eigenvalue weighted by atomic mass is 9.57. The Balaban J connectivity index is 1.24. The first kappa shape index (κ1) is 29.4. The molecule has 1 atom stereocenters. The topological polar surface area (TPSA) is 23.4 Å². The van der Waals surface area contributed by atoms with Crippen LogP contribution in [0.3, 0.4) is 0 Å². The third-order valence-electron chi connectivity index (χ3n) is 12.8. The zero-order valence-corrected chi connectivity index (χ0v) is 30.3. The summed E-state index contributed by atoms with van der Waals surface area (Å²) >= 11 is 1.89. The predicted molar refractivity (Wildman–Crippen MR) is 218 cm³/mol. The van der Waals surface area contributed by atoms with E-state index in [9.17, 15) is 0 Å². The van der Waals surface area contributed by atoms with Gasteiger partial charge in [-0.1, -0.05) is 109 Å². The van der Waals surface area contributed by atoms with E-state index in [1.54, 1.807) is 0 Å². The molecule has 3 aliphatic rings. The van der Waals surface area contributed by atoms with E-state index in [1.807, 2.05) is 11.3 Å². The number of hydrogen-bond acceptors (Lipinski definition) is 3. The van der Waals surface area contributed by atoms with Crippen LogP contribution in [-0.2, 0) is 14.7 Å². The first-order valence-electron chi connectivity index (χ1n) is 18.3. The summed E-state index contributed by atoms with van der Waals surface area (Å²) in [7, 11) is -0.461. The first-order chi connectivity index (χ1) is 25.3. The average molecular weight is 688 g/mol. The Morgan fingerprint density at radius 2 is 1.19 bits per heavy atom. The molecule has 1 unspecified atom stereocenters. The van der Waals surface area contributed by atoms with Crippen LogP contribution < -0.4 is 5.46 Å². The fourth-order valence-electron chi connectivity index (χ4n) is 9.88. The van der Waals surface area contributed by atoms with Crippen LogP contribution in [0.25, 0.3) is 69.6 Å². The molecule has 2 aromatic heterocycles. The van der Waals surface area contributed by atoms with Crippen molar-refractivity contribution in [2.45, 2.75) is 44.3 Å². The summed E-state index contributed by atoms with van der Waals surface area (Å²) in [4.78, 5) is 0. The monoisotopic (exact) mass is 687 g/mol. The van der Waals surface area contributed by atoms with Gasteiger partial charge in [-0.15, -0.1) is 11.3 Å². The third kappa shape index (κ3) is 3.37. The second-order valence-electron chi connectivity index (χ2n) is 15.8. The third-order valence-corrected chi connectivity index (χ3v) is 14.0. The number of nitrogens with zero attached hydrogens (tertiary/aromatic N) is 1. The van der Waals surface area contributed by atoms with Gasteiger partial charge in [0.15, 0.2) is 0 Å². The Labute approximate surface area is 306 Å². The van der Waals surface area contributed by atoms with Crippen molar-refractivity contribution < 1.29 is 9.31 Å². The van der Waals surface area contributed by atoms with E-state index in [0.717, 1.165) is 5.46 Å². The fourth-order valence-corrected chi connectivity index (χ4v) is 11.0. The molecule has 0 amide bonds. The van der Waals surface area contributed by atoms with Crippen LogP contribution >= 0.6 is 11.3 Å². The van der Waals surface area contributed by atoms with Crippen molar-refractivity contribution in [2.75, 3.05) is 0 Å². The second kappa shape index (κ2) is 9.61. The van der Waals surface area contributed by atoms with E-state index in [4.69, 9.17) is 9.31 Å². The van der Waals surface area contributed by atoms with Gasteiger partial charge >= 0.3 is 7.12 Å². The minimum absolute atomic E-state index is 0.433. The number of para-hydroxylation sites is 2. The lowest BCUT2D eigenvalue weighted by molar-refractivity contribution is 0.00578. The van der Waals surface area contributed by atoms with Gasteiger partial charge in [0.05, 0.1) is 33.3 Å². The molecule has 2 aliphatic heterocycles. The summed E-state index contributed by atoms with van der Waals surface area (Å²) in [5.74, 6) is 0. The van der Waals surface area contributed by atoms with E-state index in [-0.39, 0.29) is 0 Å². The maximum absolute atomic E-state index is 6.71. The van der Waals surface area contributed by atoms with Gasteiger partial charge in [0.25, 0.3) is 0 Å². The first-order valence-corrected chi connectivity index (χ1v) is 19.1. The van der Waals surface area contributed by atoms with Crippen LogP contribution in [0, 0.1) is 0 Å². The molecular weight excluding hydrogens is 653 g/mol. The largest absolute Gasteiger partial charge is 0.495 e. The van der Waals surface area contributed by atoms with Gasteiger partial charge in [-0.2, -0.15) is 0 Å². The molecule has 1 spiro atoms. The molecule has 0 saturated carbocycles. The zero-order valence-electron chi connectivity index (χ0n) is 29.5. The van der Waals surface area contributed by atoms with E-state index < -0.39 is 23.7 Å². The molecule has 3 nitrogen and oxygen atoms in total. The Bertz CT molecular complexity index is 3040. The highest BCUT2D eigenvalue weighted by Crippen LogP contribution is 2.60. The quantitative estimate of drug-likeness (QED) is 0.160. The number of thiophene rings is 1. The Morgan fingerprint density at radius 3 is 2.04 bits per heavy atom. The van der Waals surface area contributed by atoms with Crippen molar-refractivity contribution in [3.63, 3.8) is 0 Å². The predicted octanol–water partition coefficient (Wildman–Crippen LogP) is 11.3. The molecule has 0 bridgehead atoms. The molecule has 52 heavy (non-hydrogen) atoms. The molecule has 9 aromatic rings. The highest BCUT2D eigenvalue weighted by molar-refractivity contribution is 7.25. The lowest BCUT2D eigenvalue weighted by Crippen LogP contribution is -2.41. The summed E-state index contributed by atoms with van der Waals surface area (Å²) in [5, 5.41) is 7.71.